The number of carbonyl (C=O) groups is 2. The largest absolute Gasteiger partial charge is 0.350 e. The number of carbonyl (C=O) groups excluding carboxylic acids is 2. The van der Waals surface area contributed by atoms with Crippen LogP contribution in [0.2, 0.25) is 0 Å². The summed E-state index contributed by atoms with van der Waals surface area (Å²) >= 11 is 0. The third-order valence-electron chi connectivity index (χ3n) is 3.80. The Balaban J connectivity index is 1.88. The van der Waals surface area contributed by atoms with Gasteiger partial charge in [-0.3, -0.25) is 9.59 Å². The first-order valence-corrected chi connectivity index (χ1v) is 7.16. The fourth-order valence-corrected chi connectivity index (χ4v) is 2.52. The highest BCUT2D eigenvalue weighted by molar-refractivity contribution is 6.08. The van der Waals surface area contributed by atoms with E-state index in [1.54, 1.807) is 30.3 Å². The molecule has 1 heterocycles. The molecule has 3 rings (SSSR count). The van der Waals surface area contributed by atoms with Gasteiger partial charge < -0.3 is 10.3 Å². The quantitative estimate of drug-likeness (QED) is 0.716. The summed E-state index contributed by atoms with van der Waals surface area (Å²) in [5.41, 5.74) is 2.91. The molecule has 0 bridgehead atoms. The van der Waals surface area contributed by atoms with Gasteiger partial charge in [0, 0.05) is 22.2 Å². The Morgan fingerprint density at radius 3 is 2.43 bits per heavy atom. The van der Waals surface area contributed by atoms with Crippen molar-refractivity contribution in [2.24, 2.45) is 0 Å². The number of H-pyrrole nitrogens is 1. The fraction of sp³-hybridized carbons (Fsp3) is 0.111. The molecule has 5 heteroatoms. The number of aromatic nitrogens is 1. The first-order valence-electron chi connectivity index (χ1n) is 7.16. The van der Waals surface area contributed by atoms with Crippen LogP contribution in [0.1, 0.15) is 33.3 Å². The van der Waals surface area contributed by atoms with Crippen LogP contribution in [0.4, 0.5) is 10.1 Å². The van der Waals surface area contributed by atoms with Crippen LogP contribution in [0.15, 0.2) is 42.5 Å². The first-order chi connectivity index (χ1) is 11.0. The molecule has 116 valence electrons. The van der Waals surface area contributed by atoms with Crippen molar-refractivity contribution < 1.29 is 14.0 Å². The lowest BCUT2D eigenvalue weighted by Crippen LogP contribution is -2.13. The van der Waals surface area contributed by atoms with E-state index in [9.17, 15) is 14.0 Å². The van der Waals surface area contributed by atoms with Gasteiger partial charge in [-0.05, 0) is 61.9 Å². The normalized spacial score (nSPS) is 10.7. The maximum Gasteiger partial charge on any atom is 0.272 e. The van der Waals surface area contributed by atoms with Crippen molar-refractivity contribution in [1.29, 1.82) is 0 Å². The van der Waals surface area contributed by atoms with Gasteiger partial charge in [-0.2, -0.15) is 0 Å². The van der Waals surface area contributed by atoms with Crippen molar-refractivity contribution in [2.75, 3.05) is 5.32 Å². The molecule has 0 aliphatic heterocycles. The zero-order chi connectivity index (χ0) is 16.6. The topological polar surface area (TPSA) is 62.0 Å². The van der Waals surface area contributed by atoms with Crippen LogP contribution in [-0.4, -0.2) is 16.7 Å². The van der Waals surface area contributed by atoms with Crippen LogP contribution in [-0.2, 0) is 0 Å². The van der Waals surface area contributed by atoms with Crippen molar-refractivity contribution in [3.8, 4) is 0 Å². The molecule has 3 aromatic rings. The minimum atomic E-state index is -0.356. The zero-order valence-corrected chi connectivity index (χ0v) is 12.7. The molecule has 0 fully saturated rings. The van der Waals surface area contributed by atoms with Gasteiger partial charge >= 0.3 is 0 Å². The van der Waals surface area contributed by atoms with Crippen LogP contribution in [0.25, 0.3) is 10.9 Å². The van der Waals surface area contributed by atoms with E-state index in [2.05, 4.69) is 10.3 Å². The molecule has 0 unspecified atom stereocenters. The van der Waals surface area contributed by atoms with Gasteiger partial charge in [-0.25, -0.2) is 4.39 Å². The van der Waals surface area contributed by atoms with Gasteiger partial charge in [0.1, 0.15) is 11.5 Å². The Morgan fingerprint density at radius 1 is 1.09 bits per heavy atom. The van der Waals surface area contributed by atoms with Crippen molar-refractivity contribution in [3.05, 3.63) is 65.1 Å². The summed E-state index contributed by atoms with van der Waals surface area (Å²) < 4.78 is 13.3. The lowest BCUT2D eigenvalue weighted by atomic mass is 10.1. The second-order valence-electron chi connectivity index (χ2n) is 5.40. The number of halogens is 1. The molecule has 4 nitrogen and oxygen atoms in total. The summed E-state index contributed by atoms with van der Waals surface area (Å²) in [6.45, 7) is 3.30. The number of amides is 1. The van der Waals surface area contributed by atoms with Gasteiger partial charge in [0.05, 0.1) is 0 Å². The minimum absolute atomic E-state index is 0.0311. The van der Waals surface area contributed by atoms with E-state index in [0.29, 0.717) is 22.5 Å². The number of hydrogen-bond acceptors (Lipinski definition) is 2. The van der Waals surface area contributed by atoms with Crippen molar-refractivity contribution in [2.45, 2.75) is 13.8 Å². The van der Waals surface area contributed by atoms with Gasteiger partial charge in [0.2, 0.25) is 0 Å². The van der Waals surface area contributed by atoms with Gasteiger partial charge in [0.15, 0.2) is 5.78 Å². The second-order valence-corrected chi connectivity index (χ2v) is 5.40. The summed E-state index contributed by atoms with van der Waals surface area (Å²) in [4.78, 5) is 26.6. The van der Waals surface area contributed by atoms with Gasteiger partial charge in [-0.1, -0.05) is 0 Å². The number of hydrogen-bond donors (Lipinski definition) is 2. The van der Waals surface area contributed by atoms with E-state index in [4.69, 9.17) is 0 Å². The lowest BCUT2D eigenvalue weighted by molar-refractivity contribution is 0.101. The number of Topliss-reactive ketones (excluding diaryl/α,β-unsaturated/α-hetero) is 1. The number of anilines is 1. The fourth-order valence-electron chi connectivity index (χ4n) is 2.52. The molecule has 23 heavy (non-hydrogen) atoms. The molecule has 0 spiro atoms. The molecule has 2 N–H and O–H groups in total. The van der Waals surface area contributed by atoms with E-state index < -0.39 is 0 Å². The smallest absolute Gasteiger partial charge is 0.272 e. The maximum atomic E-state index is 13.3. The van der Waals surface area contributed by atoms with E-state index in [-0.39, 0.29) is 17.5 Å². The SMILES string of the molecule is CC(=O)c1ccc(NC(=O)c2[nH]c3cc(F)ccc3c2C)cc1. The third kappa shape index (κ3) is 2.85. The van der Waals surface area contributed by atoms with Gasteiger partial charge in [-0.15, -0.1) is 0 Å². The molecule has 1 amide bonds. The average Bonchev–Trinajstić information content (AvgIpc) is 2.84. The Bertz CT molecular complexity index is 911. The molecule has 0 saturated heterocycles. The Kier molecular flexibility index (Phi) is 3.70. The number of fused-ring (bicyclic) bond motifs is 1. The molecule has 2 aromatic carbocycles. The summed E-state index contributed by atoms with van der Waals surface area (Å²) in [6, 6.07) is 11.0. The minimum Gasteiger partial charge on any atom is -0.350 e. The Labute approximate surface area is 132 Å². The zero-order valence-electron chi connectivity index (χ0n) is 12.7. The third-order valence-corrected chi connectivity index (χ3v) is 3.80. The summed E-state index contributed by atoms with van der Waals surface area (Å²) in [7, 11) is 0. The van der Waals surface area contributed by atoms with Crippen LogP contribution < -0.4 is 5.32 Å². The number of aromatic amines is 1. The van der Waals surface area contributed by atoms with Crippen molar-refractivity contribution >= 4 is 28.3 Å². The highest BCUT2D eigenvalue weighted by Crippen LogP contribution is 2.23. The molecular formula is C18H15FN2O2. The molecule has 0 radical (unpaired) electrons. The highest BCUT2D eigenvalue weighted by Gasteiger charge is 2.15. The standard InChI is InChI=1S/C18H15FN2O2/c1-10-15-8-5-13(19)9-16(15)21-17(10)18(23)20-14-6-3-12(4-7-14)11(2)22/h3-9,21H,1-2H3,(H,20,23). The van der Waals surface area contributed by atoms with Crippen LogP contribution >= 0.6 is 0 Å². The van der Waals surface area contributed by atoms with Crippen LogP contribution in [0.3, 0.4) is 0 Å². The molecule has 0 aliphatic carbocycles. The van der Waals surface area contributed by atoms with Crippen molar-refractivity contribution in [3.63, 3.8) is 0 Å². The number of ketones is 1. The monoisotopic (exact) mass is 310 g/mol. The molecular weight excluding hydrogens is 295 g/mol. The molecule has 1 aromatic heterocycles. The summed E-state index contributed by atoms with van der Waals surface area (Å²) in [5.74, 6) is -0.698. The molecule has 0 saturated carbocycles. The first kappa shape index (κ1) is 15.0. The number of aryl methyl sites for hydroxylation is 1. The number of rotatable bonds is 3. The Morgan fingerprint density at radius 2 is 1.78 bits per heavy atom. The number of benzene rings is 2. The lowest BCUT2D eigenvalue weighted by Gasteiger charge is -2.05. The second kappa shape index (κ2) is 5.68. The maximum absolute atomic E-state index is 13.3. The van der Waals surface area contributed by atoms with E-state index in [1.807, 2.05) is 6.92 Å². The van der Waals surface area contributed by atoms with E-state index >= 15 is 0 Å². The Hall–Kier alpha value is -2.95. The summed E-state index contributed by atoms with van der Waals surface area (Å²) in [5, 5.41) is 3.57. The van der Waals surface area contributed by atoms with Crippen molar-refractivity contribution in [1.82, 2.24) is 4.98 Å². The van der Waals surface area contributed by atoms with E-state index in [1.165, 1.54) is 19.1 Å². The molecule has 0 atom stereocenters. The highest BCUT2D eigenvalue weighted by atomic mass is 19.1. The predicted octanol–water partition coefficient (Wildman–Crippen LogP) is 4.07. The van der Waals surface area contributed by atoms with Gasteiger partial charge in [0.25, 0.3) is 5.91 Å². The van der Waals surface area contributed by atoms with Crippen LogP contribution in [0.5, 0.6) is 0 Å². The average molecular weight is 310 g/mol. The van der Waals surface area contributed by atoms with E-state index in [0.717, 1.165) is 10.9 Å². The summed E-state index contributed by atoms with van der Waals surface area (Å²) in [6.07, 6.45) is 0. The van der Waals surface area contributed by atoms with Crippen LogP contribution in [0, 0.1) is 12.7 Å². The number of nitrogens with one attached hydrogen (secondary N) is 2. The molecule has 0 aliphatic rings. The predicted molar refractivity (Wildman–Crippen MR) is 87.4 cm³/mol.